The van der Waals surface area contributed by atoms with E-state index >= 15 is 0 Å². The van der Waals surface area contributed by atoms with Crippen molar-refractivity contribution < 1.29 is 13.9 Å². The third kappa shape index (κ3) is 1.34. The molecule has 0 aliphatic carbocycles. The van der Waals surface area contributed by atoms with E-state index in [4.69, 9.17) is 0 Å². The maximum Gasteiger partial charge on any atom is 0.360 e. The second-order valence-corrected chi connectivity index (χ2v) is 1.54. The van der Waals surface area contributed by atoms with Crippen molar-refractivity contribution in [2.24, 2.45) is 0 Å². The van der Waals surface area contributed by atoms with E-state index in [0.717, 1.165) is 0 Å². The third-order valence-corrected chi connectivity index (χ3v) is 0.874. The number of esters is 1. The highest BCUT2D eigenvalue weighted by atomic mass is 16.5. The highest BCUT2D eigenvalue weighted by Gasteiger charge is 2.08. The zero-order valence-corrected chi connectivity index (χ0v) is 5.46. The Morgan fingerprint density at radius 2 is 2.80 bits per heavy atom. The van der Waals surface area contributed by atoms with Crippen molar-refractivity contribution in [3.8, 4) is 0 Å². The number of hydrogen-bond donors (Lipinski definition) is 0. The third-order valence-electron chi connectivity index (χ3n) is 0.874. The highest BCUT2D eigenvalue weighted by Crippen LogP contribution is 1.95. The van der Waals surface area contributed by atoms with Crippen LogP contribution in [0.5, 0.6) is 0 Å². The van der Waals surface area contributed by atoms with Gasteiger partial charge in [0.1, 0.15) is 6.26 Å². The molecule has 1 radical (unpaired) electrons. The quantitative estimate of drug-likeness (QED) is 0.566. The summed E-state index contributed by atoms with van der Waals surface area (Å²) in [6, 6.07) is 0. The first kappa shape index (κ1) is 6.80. The minimum atomic E-state index is -0.479. The summed E-state index contributed by atoms with van der Waals surface area (Å²) in [4.78, 5) is 14.2. The molecule has 4 heteroatoms. The number of carbonyl (C=O) groups excluding carboxylic acids is 1. The Bertz CT molecular complexity index is 205. The number of hydrogen-bond acceptors (Lipinski definition) is 4. The predicted molar refractivity (Wildman–Crippen MR) is 31.3 cm³/mol. The molecular weight excluding hydrogens is 134 g/mol. The molecule has 1 aromatic heterocycles. The molecule has 53 valence electrons. The van der Waals surface area contributed by atoms with Crippen LogP contribution in [0.3, 0.4) is 0 Å². The largest absolute Gasteiger partial charge is 0.461 e. The van der Waals surface area contributed by atoms with Crippen LogP contribution < -0.4 is 0 Å². The molecule has 0 N–H and O–H groups in total. The lowest BCUT2D eigenvalue weighted by atomic mass is 10.5. The number of aromatic nitrogens is 1. The van der Waals surface area contributed by atoms with Gasteiger partial charge in [0.15, 0.2) is 5.69 Å². The lowest BCUT2D eigenvalue weighted by Crippen LogP contribution is -2.04. The second kappa shape index (κ2) is 3.00. The molecule has 1 rings (SSSR count). The number of ether oxygens (including phenoxy) is 1. The predicted octanol–water partition coefficient (Wildman–Crippen LogP) is 0.651. The van der Waals surface area contributed by atoms with Crippen LogP contribution in [0.4, 0.5) is 0 Å². The van der Waals surface area contributed by atoms with Crippen LogP contribution in [-0.4, -0.2) is 17.6 Å². The molecule has 0 aliphatic heterocycles. The first-order chi connectivity index (χ1) is 4.84. The fraction of sp³-hybridized carbons (Fsp3) is 0.333. The maximum absolute atomic E-state index is 10.7. The van der Waals surface area contributed by atoms with Gasteiger partial charge in [-0.2, -0.15) is 4.98 Å². The van der Waals surface area contributed by atoms with Crippen molar-refractivity contribution in [1.82, 2.24) is 4.98 Å². The van der Waals surface area contributed by atoms with E-state index in [9.17, 15) is 4.79 Å². The SMILES string of the molecule is CCOC(=O)c1co[c]n1. The Hall–Kier alpha value is -1.32. The van der Waals surface area contributed by atoms with Crippen molar-refractivity contribution >= 4 is 5.97 Å². The maximum atomic E-state index is 10.7. The minimum Gasteiger partial charge on any atom is -0.461 e. The van der Waals surface area contributed by atoms with Crippen LogP contribution in [0.2, 0.25) is 0 Å². The van der Waals surface area contributed by atoms with Crippen molar-refractivity contribution in [2.45, 2.75) is 6.92 Å². The van der Waals surface area contributed by atoms with Gasteiger partial charge in [0.2, 0.25) is 0 Å². The van der Waals surface area contributed by atoms with E-state index in [1.807, 2.05) is 0 Å². The number of oxazole rings is 1. The first-order valence-electron chi connectivity index (χ1n) is 2.83. The molecule has 4 nitrogen and oxygen atoms in total. The molecular formula is C6H6NO3. The smallest absolute Gasteiger partial charge is 0.360 e. The van der Waals surface area contributed by atoms with Crippen LogP contribution in [0.15, 0.2) is 10.7 Å². The van der Waals surface area contributed by atoms with Crippen LogP contribution in [-0.2, 0) is 4.74 Å². The van der Waals surface area contributed by atoms with Crippen LogP contribution >= 0.6 is 0 Å². The topological polar surface area (TPSA) is 52.3 Å². The van der Waals surface area contributed by atoms with Gasteiger partial charge in [0.25, 0.3) is 6.39 Å². The molecule has 0 aliphatic rings. The summed E-state index contributed by atoms with van der Waals surface area (Å²) in [5.41, 5.74) is 0.154. The molecule has 0 bridgehead atoms. The summed E-state index contributed by atoms with van der Waals surface area (Å²) >= 11 is 0. The van der Waals surface area contributed by atoms with E-state index in [2.05, 4.69) is 20.5 Å². The summed E-state index contributed by atoms with van der Waals surface area (Å²) in [6.45, 7) is 2.06. The van der Waals surface area contributed by atoms with E-state index in [-0.39, 0.29) is 5.69 Å². The second-order valence-electron chi connectivity index (χ2n) is 1.54. The van der Waals surface area contributed by atoms with Gasteiger partial charge in [-0.15, -0.1) is 0 Å². The zero-order valence-electron chi connectivity index (χ0n) is 5.46. The van der Waals surface area contributed by atoms with Crippen LogP contribution in [0.25, 0.3) is 0 Å². The number of carbonyl (C=O) groups is 1. The van der Waals surface area contributed by atoms with E-state index in [1.165, 1.54) is 6.26 Å². The Balaban J connectivity index is 2.59. The summed E-state index contributed by atoms with van der Waals surface area (Å²) in [6.07, 6.45) is 3.34. The van der Waals surface area contributed by atoms with Crippen LogP contribution in [0.1, 0.15) is 17.4 Å². The van der Waals surface area contributed by atoms with Crippen molar-refractivity contribution in [1.29, 1.82) is 0 Å². The highest BCUT2D eigenvalue weighted by molar-refractivity contribution is 5.86. The van der Waals surface area contributed by atoms with E-state index in [0.29, 0.717) is 6.61 Å². The Labute approximate surface area is 57.8 Å². The summed E-state index contributed by atoms with van der Waals surface area (Å²) < 4.78 is 9.05. The standard InChI is InChI=1S/C6H6NO3/c1-2-10-6(8)5-3-9-4-7-5/h3H,2H2,1H3. The summed E-state index contributed by atoms with van der Waals surface area (Å²) in [7, 11) is 0. The van der Waals surface area contributed by atoms with E-state index in [1.54, 1.807) is 6.92 Å². The minimum absolute atomic E-state index is 0.154. The summed E-state index contributed by atoms with van der Waals surface area (Å²) in [5.74, 6) is -0.479. The average Bonchev–Trinajstić information content (AvgIpc) is 2.38. The molecule has 10 heavy (non-hydrogen) atoms. The van der Waals surface area contributed by atoms with Crippen molar-refractivity contribution in [3.63, 3.8) is 0 Å². The zero-order chi connectivity index (χ0) is 7.40. The first-order valence-corrected chi connectivity index (χ1v) is 2.83. The molecule has 0 amide bonds. The fourth-order valence-electron chi connectivity index (χ4n) is 0.483. The number of rotatable bonds is 2. The van der Waals surface area contributed by atoms with Crippen LogP contribution in [0, 0.1) is 6.39 Å². The average molecular weight is 140 g/mol. The monoisotopic (exact) mass is 140 g/mol. The lowest BCUT2D eigenvalue weighted by molar-refractivity contribution is 0.0519. The molecule has 0 atom stereocenters. The van der Waals surface area contributed by atoms with Gasteiger partial charge in [-0.05, 0) is 6.92 Å². The van der Waals surface area contributed by atoms with Gasteiger partial charge in [0.05, 0.1) is 6.61 Å². The molecule has 0 unspecified atom stereocenters. The van der Waals surface area contributed by atoms with Crippen molar-refractivity contribution in [2.75, 3.05) is 6.61 Å². The fourth-order valence-corrected chi connectivity index (χ4v) is 0.483. The molecule has 0 saturated heterocycles. The molecule has 0 spiro atoms. The van der Waals surface area contributed by atoms with Gasteiger partial charge < -0.3 is 9.15 Å². The van der Waals surface area contributed by atoms with Gasteiger partial charge in [-0.1, -0.05) is 0 Å². The molecule has 1 heterocycles. The van der Waals surface area contributed by atoms with Gasteiger partial charge in [-0.25, -0.2) is 4.79 Å². The van der Waals surface area contributed by atoms with Gasteiger partial charge >= 0.3 is 5.97 Å². The van der Waals surface area contributed by atoms with Crippen molar-refractivity contribution in [3.05, 3.63) is 18.4 Å². The molecule has 1 aromatic rings. The van der Waals surface area contributed by atoms with E-state index < -0.39 is 5.97 Å². The lowest BCUT2D eigenvalue weighted by Gasteiger charge is -1.94. The van der Waals surface area contributed by atoms with Gasteiger partial charge in [0, 0.05) is 0 Å². The molecule has 0 aromatic carbocycles. The summed E-state index contributed by atoms with van der Waals surface area (Å²) in [5, 5.41) is 0. The molecule has 0 fully saturated rings. The normalized spacial score (nSPS) is 9.30. The number of nitrogens with zero attached hydrogens (tertiary/aromatic N) is 1. The Morgan fingerprint density at radius 3 is 3.30 bits per heavy atom. The Morgan fingerprint density at radius 1 is 2.00 bits per heavy atom. The molecule has 0 saturated carbocycles. The Kier molecular flexibility index (Phi) is 2.04. The van der Waals surface area contributed by atoms with Gasteiger partial charge in [-0.3, -0.25) is 0 Å².